The average molecular weight is 284 g/mol. The molecule has 1 amide bonds. The van der Waals surface area contributed by atoms with Crippen LogP contribution >= 0.6 is 0 Å². The van der Waals surface area contributed by atoms with E-state index in [4.69, 9.17) is 10.5 Å². The number of carbonyl (C=O) groups is 1. The van der Waals surface area contributed by atoms with Gasteiger partial charge in [-0.25, -0.2) is 0 Å². The van der Waals surface area contributed by atoms with Crippen LogP contribution in [0.4, 0.5) is 0 Å². The summed E-state index contributed by atoms with van der Waals surface area (Å²) in [7, 11) is 0. The van der Waals surface area contributed by atoms with E-state index in [1.165, 1.54) is 4.90 Å². The number of nitrogens with two attached hydrogens (primary N) is 1. The molecular weight excluding hydrogens is 260 g/mol. The van der Waals surface area contributed by atoms with E-state index in [1.54, 1.807) is 0 Å². The summed E-state index contributed by atoms with van der Waals surface area (Å²) >= 11 is 0. The van der Waals surface area contributed by atoms with Crippen LogP contribution in [0, 0.1) is 11.3 Å². The lowest BCUT2D eigenvalue weighted by Crippen LogP contribution is -2.82. The first-order valence-corrected chi connectivity index (χ1v) is 7.36. The van der Waals surface area contributed by atoms with Crippen molar-refractivity contribution < 1.29 is 19.7 Å². The summed E-state index contributed by atoms with van der Waals surface area (Å²) < 4.78 is 5.79. The molecule has 3 unspecified atom stereocenters. The van der Waals surface area contributed by atoms with Crippen LogP contribution < -0.4 is 5.73 Å². The molecule has 0 bridgehead atoms. The van der Waals surface area contributed by atoms with Gasteiger partial charge >= 0.3 is 0 Å². The number of likely N-dealkylation sites (tertiary alicyclic amines) is 1. The molecule has 0 aromatic heterocycles. The van der Waals surface area contributed by atoms with Crippen LogP contribution in [-0.2, 0) is 9.53 Å². The van der Waals surface area contributed by atoms with Gasteiger partial charge in [-0.05, 0) is 12.8 Å². The van der Waals surface area contributed by atoms with Crippen molar-refractivity contribution in [2.24, 2.45) is 17.1 Å². The first-order chi connectivity index (χ1) is 9.30. The number of nitrogens with zero attached hydrogens (tertiary/aromatic N) is 1. The number of fused-ring (bicyclic) bond motifs is 1. The number of amides is 1. The summed E-state index contributed by atoms with van der Waals surface area (Å²) in [5.74, 6) is -0.126. The van der Waals surface area contributed by atoms with Gasteiger partial charge in [-0.2, -0.15) is 0 Å². The van der Waals surface area contributed by atoms with Gasteiger partial charge in [0, 0.05) is 31.0 Å². The van der Waals surface area contributed by atoms with Crippen molar-refractivity contribution in [2.45, 2.75) is 50.5 Å². The number of ether oxygens (including phenoxy) is 1. The van der Waals surface area contributed by atoms with Crippen LogP contribution in [0.5, 0.6) is 0 Å². The Bertz CT molecular complexity index is 417. The van der Waals surface area contributed by atoms with Crippen LogP contribution in [-0.4, -0.2) is 64.6 Å². The van der Waals surface area contributed by atoms with E-state index in [2.05, 4.69) is 0 Å². The fraction of sp³-hybridized carbons (Fsp3) is 0.929. The second kappa shape index (κ2) is 4.40. The van der Waals surface area contributed by atoms with Crippen molar-refractivity contribution in [1.29, 1.82) is 0 Å². The van der Waals surface area contributed by atoms with Crippen molar-refractivity contribution in [3.8, 4) is 0 Å². The zero-order chi connectivity index (χ0) is 14.7. The van der Waals surface area contributed by atoms with Gasteiger partial charge in [0.25, 0.3) is 0 Å². The normalized spacial score (nSPS) is 46.8. The summed E-state index contributed by atoms with van der Waals surface area (Å²) in [5, 5.41) is 19.3. The molecule has 5 atom stereocenters. The fourth-order valence-corrected chi connectivity index (χ4v) is 4.21. The predicted molar refractivity (Wildman–Crippen MR) is 71.8 cm³/mol. The lowest BCUT2D eigenvalue weighted by atomic mass is 9.46. The van der Waals surface area contributed by atoms with Gasteiger partial charge in [-0.15, -0.1) is 0 Å². The molecule has 1 saturated carbocycles. The number of aliphatic hydroxyl groups is 2. The van der Waals surface area contributed by atoms with Crippen molar-refractivity contribution >= 4 is 5.91 Å². The van der Waals surface area contributed by atoms with Crippen molar-refractivity contribution in [1.82, 2.24) is 4.90 Å². The summed E-state index contributed by atoms with van der Waals surface area (Å²) in [5.41, 5.74) is 5.14. The maximum atomic E-state index is 12.8. The Kier molecular flexibility index (Phi) is 3.14. The summed E-state index contributed by atoms with van der Waals surface area (Å²) in [6, 6.07) is 0. The van der Waals surface area contributed by atoms with Crippen LogP contribution in [0.2, 0.25) is 0 Å². The number of carbonyl (C=O) groups excluding carboxylic acids is 1. The summed E-state index contributed by atoms with van der Waals surface area (Å²) in [6.45, 7) is 5.00. The third-order valence-corrected chi connectivity index (χ3v) is 5.58. The standard InChI is InChI=1S/C14H24N2O4/c1-13(2)11-8(4-3-5-20-11)14(13,15)12(19)16-6-9(17)10(18)7-16/h8-11,17-18H,3-7,15H2,1-2H3/t8?,9-,10+,11?,14?. The molecule has 6 nitrogen and oxygen atoms in total. The monoisotopic (exact) mass is 284 g/mol. The van der Waals surface area contributed by atoms with Crippen molar-refractivity contribution in [2.75, 3.05) is 19.7 Å². The van der Waals surface area contributed by atoms with Gasteiger partial charge in [-0.3, -0.25) is 4.79 Å². The Labute approximate surface area is 118 Å². The number of aliphatic hydroxyl groups excluding tert-OH is 2. The molecule has 3 rings (SSSR count). The average Bonchev–Trinajstić information content (AvgIpc) is 2.77. The highest BCUT2D eigenvalue weighted by atomic mass is 16.5. The van der Waals surface area contributed by atoms with Gasteiger partial charge in [0.15, 0.2) is 0 Å². The maximum Gasteiger partial charge on any atom is 0.243 e. The predicted octanol–water partition coefficient (Wildman–Crippen LogP) is -0.917. The number of rotatable bonds is 1. The lowest BCUT2D eigenvalue weighted by Gasteiger charge is -2.65. The Morgan fingerprint density at radius 3 is 2.50 bits per heavy atom. The molecule has 2 heterocycles. The van der Waals surface area contributed by atoms with E-state index in [-0.39, 0.29) is 31.0 Å². The van der Waals surface area contributed by atoms with Crippen molar-refractivity contribution in [3.63, 3.8) is 0 Å². The Morgan fingerprint density at radius 1 is 1.30 bits per heavy atom. The number of hydrogen-bond acceptors (Lipinski definition) is 5. The Morgan fingerprint density at radius 2 is 1.90 bits per heavy atom. The largest absolute Gasteiger partial charge is 0.388 e. The molecule has 2 aliphatic heterocycles. The minimum absolute atomic E-state index is 0.0302. The molecule has 2 saturated heterocycles. The van der Waals surface area contributed by atoms with Crippen LogP contribution in [0.25, 0.3) is 0 Å². The van der Waals surface area contributed by atoms with E-state index < -0.39 is 23.2 Å². The zero-order valence-electron chi connectivity index (χ0n) is 12.1. The Hall–Kier alpha value is -0.690. The van der Waals surface area contributed by atoms with E-state index >= 15 is 0 Å². The molecule has 3 fully saturated rings. The molecule has 1 aliphatic carbocycles. The zero-order valence-corrected chi connectivity index (χ0v) is 12.1. The van der Waals surface area contributed by atoms with Gasteiger partial charge in [0.2, 0.25) is 5.91 Å². The molecule has 3 aliphatic rings. The smallest absolute Gasteiger partial charge is 0.243 e. The Balaban J connectivity index is 1.83. The number of β-amino-alcohol motifs (C(OH)–C–C–N with tert-alkyl or cyclic N) is 2. The molecule has 0 aromatic carbocycles. The van der Waals surface area contributed by atoms with Gasteiger partial charge in [0.1, 0.15) is 5.54 Å². The lowest BCUT2D eigenvalue weighted by molar-refractivity contribution is -0.229. The highest BCUT2D eigenvalue weighted by Gasteiger charge is 2.71. The highest BCUT2D eigenvalue weighted by molar-refractivity contribution is 5.90. The third-order valence-electron chi connectivity index (χ3n) is 5.58. The molecule has 0 spiro atoms. The third kappa shape index (κ3) is 1.62. The fourth-order valence-electron chi connectivity index (χ4n) is 4.21. The SMILES string of the molecule is CC1(C)C2OCCCC2C1(N)C(=O)N1C[C@@H](O)[C@@H](O)C1. The van der Waals surface area contributed by atoms with Crippen LogP contribution in [0.1, 0.15) is 26.7 Å². The van der Waals surface area contributed by atoms with E-state index in [0.29, 0.717) is 0 Å². The van der Waals surface area contributed by atoms with Gasteiger partial charge in [-0.1, -0.05) is 13.8 Å². The highest BCUT2D eigenvalue weighted by Crippen LogP contribution is 2.58. The van der Waals surface area contributed by atoms with E-state index in [9.17, 15) is 15.0 Å². The maximum absolute atomic E-state index is 12.8. The quantitative estimate of drug-likeness (QED) is 0.579. The van der Waals surface area contributed by atoms with Gasteiger partial charge in [0.05, 0.1) is 18.3 Å². The van der Waals surface area contributed by atoms with E-state index in [0.717, 1.165) is 19.4 Å². The molecule has 114 valence electrons. The minimum atomic E-state index is -0.956. The van der Waals surface area contributed by atoms with Crippen LogP contribution in [0.15, 0.2) is 0 Å². The first-order valence-electron chi connectivity index (χ1n) is 7.36. The summed E-state index contributed by atoms with van der Waals surface area (Å²) in [4.78, 5) is 14.3. The topological polar surface area (TPSA) is 96.0 Å². The first kappa shape index (κ1) is 14.3. The molecule has 0 radical (unpaired) electrons. The minimum Gasteiger partial charge on any atom is -0.388 e. The molecule has 0 aromatic rings. The molecule has 6 heteroatoms. The van der Waals surface area contributed by atoms with E-state index in [1.807, 2.05) is 13.8 Å². The number of hydrogen-bond donors (Lipinski definition) is 3. The molecule has 4 N–H and O–H groups in total. The van der Waals surface area contributed by atoms with Crippen LogP contribution in [0.3, 0.4) is 0 Å². The second-order valence-electron chi connectivity index (χ2n) is 6.98. The van der Waals surface area contributed by atoms with Crippen molar-refractivity contribution in [3.05, 3.63) is 0 Å². The van der Waals surface area contributed by atoms with Gasteiger partial charge < -0.3 is 25.6 Å². The summed E-state index contributed by atoms with van der Waals surface area (Å²) in [6.07, 6.45) is 0.111. The second-order valence-corrected chi connectivity index (χ2v) is 6.98. The molecular formula is C14H24N2O4. The molecule has 20 heavy (non-hydrogen) atoms.